The summed E-state index contributed by atoms with van der Waals surface area (Å²) >= 11 is 3.33. The molecule has 9 nitrogen and oxygen atoms in total. The number of carbonyl (C=O) groups is 2. The molecule has 1 N–H and O–H groups in total. The number of halogens is 4. The molecule has 0 saturated heterocycles. The first-order valence-corrected chi connectivity index (χ1v) is 9.43. The predicted octanol–water partition coefficient (Wildman–Crippen LogP) is 2.79. The van der Waals surface area contributed by atoms with Crippen molar-refractivity contribution >= 4 is 38.9 Å². The maximum absolute atomic E-state index is 12.1. The van der Waals surface area contributed by atoms with Gasteiger partial charge in [-0.2, -0.15) is 13.2 Å². The zero-order chi connectivity index (χ0) is 23.2. The van der Waals surface area contributed by atoms with Gasteiger partial charge in [-0.3, -0.25) is 4.79 Å². The Kier molecular flexibility index (Phi) is 8.28. The zero-order valence-electron chi connectivity index (χ0n) is 16.4. The van der Waals surface area contributed by atoms with E-state index in [0.717, 1.165) is 11.0 Å². The molecule has 0 aliphatic heterocycles. The number of ether oxygens (including phenoxy) is 3. The molecule has 170 valence electrons. The van der Waals surface area contributed by atoms with Crippen molar-refractivity contribution in [2.24, 2.45) is 0 Å². The Labute approximate surface area is 182 Å². The minimum Gasteiger partial charge on any atom is -0.466 e. The van der Waals surface area contributed by atoms with Crippen LogP contribution in [0.4, 0.5) is 18.0 Å². The van der Waals surface area contributed by atoms with Gasteiger partial charge in [0.05, 0.1) is 4.47 Å². The van der Waals surface area contributed by atoms with Crippen molar-refractivity contribution in [2.45, 2.75) is 12.8 Å². The van der Waals surface area contributed by atoms with Crippen molar-refractivity contribution in [2.75, 3.05) is 34.0 Å². The van der Waals surface area contributed by atoms with E-state index in [9.17, 15) is 27.6 Å². The molecule has 0 aliphatic rings. The lowest BCUT2D eigenvalue weighted by Gasteiger charge is -2.18. The number of alkyl halides is 3. The van der Waals surface area contributed by atoms with E-state index in [2.05, 4.69) is 15.9 Å². The fourth-order valence-electron chi connectivity index (χ4n) is 2.36. The number of carbonyl (C=O) groups excluding carboxylic acids is 2. The Bertz CT molecular complexity index is 1010. The summed E-state index contributed by atoms with van der Waals surface area (Å²) in [7, 11) is 2.73. The lowest BCUT2D eigenvalue weighted by molar-refractivity contribution is -0.173. The molecule has 0 aliphatic carbocycles. The van der Waals surface area contributed by atoms with E-state index in [1.54, 1.807) is 11.4 Å². The molecule has 0 fully saturated rings. The minimum atomic E-state index is -5.00. The SMILES string of the molecule is COCOc1cc2oc(=O)cc(COC(=O)N(C)CCNC(=O)C(F)(F)F)c2cc1Br. The average molecular weight is 511 g/mol. The quantitative estimate of drug-likeness (QED) is 0.429. The third-order valence-corrected chi connectivity index (χ3v) is 4.49. The van der Waals surface area contributed by atoms with Crippen molar-refractivity contribution in [1.29, 1.82) is 0 Å². The van der Waals surface area contributed by atoms with Crippen LogP contribution in [0.1, 0.15) is 5.56 Å². The summed E-state index contributed by atoms with van der Waals surface area (Å²) in [5.41, 5.74) is -0.143. The molecule has 2 amide bonds. The third kappa shape index (κ3) is 6.85. The number of rotatable bonds is 8. The number of nitrogens with one attached hydrogen (secondary N) is 1. The summed E-state index contributed by atoms with van der Waals surface area (Å²) in [5.74, 6) is -1.73. The van der Waals surface area contributed by atoms with E-state index >= 15 is 0 Å². The number of benzene rings is 1. The highest BCUT2D eigenvalue weighted by Crippen LogP contribution is 2.31. The fourth-order valence-corrected chi connectivity index (χ4v) is 2.82. The van der Waals surface area contributed by atoms with Crippen molar-refractivity contribution in [3.05, 3.63) is 38.7 Å². The lowest BCUT2D eigenvalue weighted by Crippen LogP contribution is -2.41. The molecule has 0 spiro atoms. The van der Waals surface area contributed by atoms with Crippen LogP contribution in [0.25, 0.3) is 11.0 Å². The van der Waals surface area contributed by atoms with Gasteiger partial charge in [0, 0.05) is 50.3 Å². The summed E-state index contributed by atoms with van der Waals surface area (Å²) < 4.78 is 57.4. The highest BCUT2D eigenvalue weighted by molar-refractivity contribution is 9.10. The van der Waals surface area contributed by atoms with Gasteiger partial charge >= 0.3 is 23.8 Å². The minimum absolute atomic E-state index is 0.0264. The number of hydrogen-bond donors (Lipinski definition) is 1. The molecule has 0 radical (unpaired) electrons. The van der Waals surface area contributed by atoms with Gasteiger partial charge in [-0.1, -0.05) is 0 Å². The Morgan fingerprint density at radius 3 is 2.61 bits per heavy atom. The Hall–Kier alpha value is -2.80. The number of fused-ring (bicyclic) bond motifs is 1. The molecular formula is C18H18BrF3N2O7. The van der Waals surface area contributed by atoms with E-state index in [-0.39, 0.29) is 25.5 Å². The number of likely N-dealkylation sites (N-methyl/N-ethyl adjacent to an activating group) is 1. The van der Waals surface area contributed by atoms with Gasteiger partial charge in [-0.05, 0) is 22.0 Å². The first-order chi connectivity index (χ1) is 14.5. The highest BCUT2D eigenvalue weighted by Gasteiger charge is 2.38. The molecule has 2 rings (SSSR count). The number of amides is 2. The van der Waals surface area contributed by atoms with Crippen LogP contribution in [-0.4, -0.2) is 57.1 Å². The summed E-state index contributed by atoms with van der Waals surface area (Å²) in [4.78, 5) is 35.7. The third-order valence-electron chi connectivity index (χ3n) is 3.87. The van der Waals surface area contributed by atoms with Gasteiger partial charge in [0.15, 0.2) is 6.79 Å². The Morgan fingerprint density at radius 1 is 1.26 bits per heavy atom. The summed E-state index contributed by atoms with van der Waals surface area (Å²) in [6.45, 7) is -0.963. The van der Waals surface area contributed by atoms with Crippen molar-refractivity contribution in [1.82, 2.24) is 10.2 Å². The molecule has 1 aromatic carbocycles. The van der Waals surface area contributed by atoms with Crippen LogP contribution in [0.5, 0.6) is 5.75 Å². The van der Waals surface area contributed by atoms with Gasteiger partial charge in [-0.25, -0.2) is 9.59 Å². The topological polar surface area (TPSA) is 107 Å². The molecule has 1 heterocycles. The Balaban J connectivity index is 2.04. The number of methoxy groups -OCH3 is 1. The molecule has 13 heteroatoms. The lowest BCUT2D eigenvalue weighted by atomic mass is 10.1. The average Bonchev–Trinajstić information content (AvgIpc) is 2.69. The van der Waals surface area contributed by atoms with E-state index in [1.807, 2.05) is 0 Å². The van der Waals surface area contributed by atoms with Gasteiger partial charge < -0.3 is 28.8 Å². The van der Waals surface area contributed by atoms with E-state index in [0.29, 0.717) is 21.2 Å². The monoisotopic (exact) mass is 510 g/mol. The maximum Gasteiger partial charge on any atom is 0.471 e. The first-order valence-electron chi connectivity index (χ1n) is 8.64. The van der Waals surface area contributed by atoms with Crippen LogP contribution in [0, 0.1) is 0 Å². The molecule has 0 atom stereocenters. The molecule has 2 aromatic rings. The van der Waals surface area contributed by atoms with Gasteiger partial charge in [0.25, 0.3) is 0 Å². The van der Waals surface area contributed by atoms with Crippen molar-refractivity contribution < 1.29 is 41.4 Å². The fraction of sp³-hybridized carbons (Fsp3) is 0.389. The highest BCUT2D eigenvalue weighted by atomic mass is 79.9. The molecule has 0 unspecified atom stereocenters. The first kappa shape index (κ1) is 24.5. The molecule has 31 heavy (non-hydrogen) atoms. The largest absolute Gasteiger partial charge is 0.471 e. The van der Waals surface area contributed by atoms with E-state index in [1.165, 1.54) is 20.2 Å². The van der Waals surface area contributed by atoms with Crippen LogP contribution >= 0.6 is 15.9 Å². The molecule has 1 aromatic heterocycles. The maximum atomic E-state index is 12.1. The smallest absolute Gasteiger partial charge is 0.466 e. The number of hydrogen-bond acceptors (Lipinski definition) is 7. The van der Waals surface area contributed by atoms with Crippen LogP contribution in [-0.2, 0) is 20.9 Å². The second kappa shape index (κ2) is 10.5. The zero-order valence-corrected chi connectivity index (χ0v) is 18.0. The van der Waals surface area contributed by atoms with E-state index < -0.39 is 30.3 Å². The van der Waals surface area contributed by atoms with Crippen molar-refractivity contribution in [3.63, 3.8) is 0 Å². The van der Waals surface area contributed by atoms with Crippen LogP contribution in [0.3, 0.4) is 0 Å². The predicted molar refractivity (Wildman–Crippen MR) is 105 cm³/mol. The van der Waals surface area contributed by atoms with Crippen LogP contribution in [0.15, 0.2) is 31.9 Å². The summed E-state index contributed by atoms with van der Waals surface area (Å²) in [6, 6.07) is 4.24. The number of nitrogens with zero attached hydrogens (tertiary/aromatic N) is 1. The normalized spacial score (nSPS) is 11.3. The Morgan fingerprint density at radius 2 is 1.97 bits per heavy atom. The van der Waals surface area contributed by atoms with E-state index in [4.69, 9.17) is 18.6 Å². The van der Waals surface area contributed by atoms with Crippen LogP contribution < -0.4 is 15.7 Å². The van der Waals surface area contributed by atoms with Crippen molar-refractivity contribution in [3.8, 4) is 5.75 Å². The van der Waals surface area contributed by atoms with Gasteiger partial charge in [0.1, 0.15) is 17.9 Å². The standard InChI is InChI=1S/C18H18BrF3N2O7/c1-24(4-3-23-16(26)18(20,21)22)17(27)29-8-10-5-15(25)31-13-7-14(30-9-28-2)12(19)6-11(10)13/h5-7H,3-4,8-9H2,1-2H3,(H,23,26). The molecule has 0 saturated carbocycles. The molecular weight excluding hydrogens is 493 g/mol. The summed E-state index contributed by atoms with van der Waals surface area (Å²) in [6.07, 6.45) is -5.86. The second-order valence-corrected chi connectivity index (χ2v) is 7.00. The van der Waals surface area contributed by atoms with Gasteiger partial charge in [-0.15, -0.1) is 0 Å². The molecule has 0 bridgehead atoms. The van der Waals surface area contributed by atoms with Gasteiger partial charge in [0.2, 0.25) is 0 Å². The second-order valence-electron chi connectivity index (χ2n) is 6.15. The van der Waals surface area contributed by atoms with Crippen LogP contribution in [0.2, 0.25) is 0 Å². The summed E-state index contributed by atoms with van der Waals surface area (Å²) in [5, 5.41) is 2.12.